The average Bonchev–Trinajstić information content (AvgIpc) is 3.01. The summed E-state index contributed by atoms with van der Waals surface area (Å²) >= 11 is 0. The minimum Gasteiger partial charge on any atom is -0.390 e. The zero-order valence-corrected chi connectivity index (χ0v) is 26.6. The Labute approximate surface area is 261 Å². The first kappa shape index (κ1) is 34.5. The smallest absolute Gasteiger partial charge is 0.253 e. The zero-order chi connectivity index (χ0) is 32.1. The molecule has 10 heteroatoms. The van der Waals surface area contributed by atoms with Crippen molar-refractivity contribution in [1.82, 2.24) is 20.1 Å². The third-order valence-corrected chi connectivity index (χ3v) is 8.30. The van der Waals surface area contributed by atoms with Crippen LogP contribution in [-0.2, 0) is 16.4 Å². The molecule has 0 saturated carbocycles. The van der Waals surface area contributed by atoms with Gasteiger partial charge in [0.2, 0.25) is 0 Å². The molecule has 3 rings (SSSR count). The van der Waals surface area contributed by atoms with Crippen molar-refractivity contribution < 1.29 is 23.1 Å². The molecule has 234 valence electrons. The molecule has 0 heterocycles. The van der Waals surface area contributed by atoms with E-state index in [1.165, 1.54) is 24.2 Å². The Morgan fingerprint density at radius 3 is 2.09 bits per heavy atom. The first-order chi connectivity index (χ1) is 21.1. The SMILES string of the molecule is CC#Cc1cc(C(=O)NC(Cc2ccccc2)C(O)CN(C)NS(=O)(=O)c2ccccc2)cc(C(=O)N(CCC)CCC)c1. The van der Waals surface area contributed by atoms with Gasteiger partial charge in [-0.05, 0) is 62.1 Å². The molecule has 0 bridgehead atoms. The number of nitrogens with zero attached hydrogens (tertiary/aromatic N) is 2. The first-order valence-corrected chi connectivity index (χ1v) is 16.2. The van der Waals surface area contributed by atoms with Crippen LogP contribution in [0.4, 0.5) is 0 Å². The van der Waals surface area contributed by atoms with Crippen molar-refractivity contribution >= 4 is 21.8 Å². The summed E-state index contributed by atoms with van der Waals surface area (Å²) in [5.41, 5.74) is 2.02. The molecule has 0 saturated heterocycles. The van der Waals surface area contributed by atoms with Crippen molar-refractivity contribution in [2.75, 3.05) is 26.7 Å². The Hall–Kier alpha value is -4.01. The van der Waals surface area contributed by atoms with Crippen molar-refractivity contribution in [1.29, 1.82) is 0 Å². The largest absolute Gasteiger partial charge is 0.390 e. The minimum absolute atomic E-state index is 0.0901. The summed E-state index contributed by atoms with van der Waals surface area (Å²) in [6.45, 7) is 6.79. The zero-order valence-electron chi connectivity index (χ0n) is 25.8. The summed E-state index contributed by atoms with van der Waals surface area (Å²) in [5.74, 6) is 5.13. The highest BCUT2D eigenvalue weighted by atomic mass is 32.2. The number of nitrogens with one attached hydrogen (secondary N) is 2. The number of hydrazine groups is 1. The number of aliphatic hydroxyl groups is 1. The van der Waals surface area contributed by atoms with Gasteiger partial charge in [-0.2, -0.15) is 0 Å². The van der Waals surface area contributed by atoms with E-state index in [1.54, 1.807) is 48.2 Å². The van der Waals surface area contributed by atoms with Crippen LogP contribution in [0.1, 0.15) is 65.5 Å². The fourth-order valence-electron chi connectivity index (χ4n) is 4.84. The second-order valence-corrected chi connectivity index (χ2v) is 12.3. The van der Waals surface area contributed by atoms with Gasteiger partial charge < -0.3 is 15.3 Å². The molecule has 9 nitrogen and oxygen atoms in total. The number of rotatable bonds is 15. The van der Waals surface area contributed by atoms with Gasteiger partial charge in [0.15, 0.2) is 0 Å². The van der Waals surface area contributed by atoms with E-state index in [1.807, 2.05) is 44.2 Å². The van der Waals surface area contributed by atoms with E-state index in [4.69, 9.17) is 0 Å². The number of amides is 2. The molecule has 3 N–H and O–H groups in total. The minimum atomic E-state index is -3.87. The molecule has 0 aliphatic rings. The van der Waals surface area contributed by atoms with Crippen LogP contribution in [-0.4, -0.2) is 74.1 Å². The van der Waals surface area contributed by atoms with Gasteiger partial charge in [0, 0.05) is 43.4 Å². The van der Waals surface area contributed by atoms with E-state index in [2.05, 4.69) is 22.0 Å². The second kappa shape index (κ2) is 16.7. The lowest BCUT2D eigenvalue weighted by Gasteiger charge is -2.28. The van der Waals surface area contributed by atoms with E-state index < -0.39 is 28.1 Å². The van der Waals surface area contributed by atoms with Crippen molar-refractivity contribution in [2.24, 2.45) is 0 Å². The highest BCUT2D eigenvalue weighted by Crippen LogP contribution is 2.16. The molecule has 2 unspecified atom stereocenters. The topological polar surface area (TPSA) is 119 Å². The molecule has 2 amide bonds. The number of benzene rings is 3. The van der Waals surface area contributed by atoms with E-state index in [9.17, 15) is 23.1 Å². The highest BCUT2D eigenvalue weighted by molar-refractivity contribution is 7.89. The van der Waals surface area contributed by atoms with Crippen molar-refractivity contribution in [3.05, 3.63) is 101 Å². The molecule has 0 aliphatic carbocycles. The summed E-state index contributed by atoms with van der Waals surface area (Å²) < 4.78 is 25.6. The molecule has 0 aliphatic heterocycles. The fraction of sp³-hybridized carbons (Fsp3) is 0.353. The Morgan fingerprint density at radius 2 is 1.50 bits per heavy atom. The number of carbonyl (C=O) groups excluding carboxylic acids is 2. The number of aliphatic hydroxyl groups excluding tert-OH is 1. The maximum absolute atomic E-state index is 13.7. The lowest BCUT2D eigenvalue weighted by molar-refractivity contribution is 0.0687. The Kier molecular flexibility index (Phi) is 13.1. The van der Waals surface area contributed by atoms with Crippen LogP contribution in [0.2, 0.25) is 0 Å². The predicted molar refractivity (Wildman–Crippen MR) is 172 cm³/mol. The first-order valence-electron chi connectivity index (χ1n) is 14.8. The van der Waals surface area contributed by atoms with Crippen molar-refractivity contribution in [2.45, 2.75) is 57.1 Å². The summed E-state index contributed by atoms with van der Waals surface area (Å²) in [6, 6.07) is 21.4. The lowest BCUT2D eigenvalue weighted by atomic mass is 9.99. The van der Waals surface area contributed by atoms with Crippen LogP contribution < -0.4 is 10.1 Å². The monoisotopic (exact) mass is 618 g/mol. The van der Waals surface area contributed by atoms with Crippen molar-refractivity contribution in [3.63, 3.8) is 0 Å². The summed E-state index contributed by atoms with van der Waals surface area (Å²) in [5, 5.41) is 15.5. The maximum atomic E-state index is 13.7. The lowest BCUT2D eigenvalue weighted by Crippen LogP contribution is -2.52. The van der Waals surface area contributed by atoms with Gasteiger partial charge in [-0.25, -0.2) is 13.4 Å². The van der Waals surface area contributed by atoms with Gasteiger partial charge in [0.1, 0.15) is 0 Å². The van der Waals surface area contributed by atoms with Gasteiger partial charge >= 0.3 is 0 Å². The molecule has 0 spiro atoms. The van der Waals surface area contributed by atoms with Gasteiger partial charge in [-0.3, -0.25) is 9.59 Å². The van der Waals surface area contributed by atoms with Crippen LogP contribution in [0.5, 0.6) is 0 Å². The molecule has 2 atom stereocenters. The molecule has 3 aromatic rings. The number of hydrogen-bond acceptors (Lipinski definition) is 6. The number of hydrogen-bond donors (Lipinski definition) is 3. The molecular weight excluding hydrogens is 576 g/mol. The number of carbonyl (C=O) groups is 2. The maximum Gasteiger partial charge on any atom is 0.253 e. The molecule has 0 radical (unpaired) electrons. The summed E-state index contributed by atoms with van der Waals surface area (Å²) in [6.07, 6.45) is 0.742. The molecule has 0 aromatic heterocycles. The second-order valence-electron chi connectivity index (χ2n) is 10.6. The summed E-state index contributed by atoms with van der Waals surface area (Å²) in [7, 11) is -2.36. The van der Waals surface area contributed by atoms with Crippen LogP contribution in [0.25, 0.3) is 0 Å². The van der Waals surface area contributed by atoms with E-state index in [0.717, 1.165) is 18.4 Å². The van der Waals surface area contributed by atoms with Gasteiger partial charge in [0.25, 0.3) is 21.8 Å². The van der Waals surface area contributed by atoms with E-state index >= 15 is 0 Å². The van der Waals surface area contributed by atoms with Gasteiger partial charge in [-0.15, -0.1) is 10.8 Å². The number of likely N-dealkylation sites (N-methyl/N-ethyl adjacent to an activating group) is 1. The van der Waals surface area contributed by atoms with E-state index in [-0.39, 0.29) is 29.3 Å². The van der Waals surface area contributed by atoms with E-state index in [0.29, 0.717) is 24.2 Å². The summed E-state index contributed by atoms with van der Waals surface area (Å²) in [4.78, 5) is 31.4. The van der Waals surface area contributed by atoms with Gasteiger partial charge in [-0.1, -0.05) is 68.3 Å². The normalized spacial score (nSPS) is 12.6. The molecule has 3 aromatic carbocycles. The van der Waals surface area contributed by atoms with Crippen molar-refractivity contribution in [3.8, 4) is 11.8 Å². The van der Waals surface area contributed by atoms with Crippen LogP contribution >= 0.6 is 0 Å². The molecular formula is C34H42N4O5S. The number of sulfonamides is 1. The Balaban J connectivity index is 1.87. The predicted octanol–water partition coefficient (Wildman–Crippen LogP) is 3.85. The molecule has 44 heavy (non-hydrogen) atoms. The standard InChI is InChI=1S/C34H42N4O5S/c1-5-14-27-21-28(24-29(22-27)34(41)38(19-6-2)20-7-3)33(40)35-31(23-26-15-10-8-11-16-26)32(39)25-37(4)36-44(42,43)30-17-12-9-13-18-30/h8-13,15-18,21-22,24,31-32,36,39H,6-7,19-20,23,25H2,1-4H3,(H,35,40). The van der Waals surface area contributed by atoms with Crippen LogP contribution in [0.3, 0.4) is 0 Å². The van der Waals surface area contributed by atoms with Crippen LogP contribution in [0.15, 0.2) is 83.8 Å². The third-order valence-electron chi connectivity index (χ3n) is 6.86. The quantitative estimate of drug-likeness (QED) is 0.176. The Bertz CT molecular complexity index is 1550. The highest BCUT2D eigenvalue weighted by Gasteiger charge is 2.26. The average molecular weight is 619 g/mol. The van der Waals surface area contributed by atoms with Gasteiger partial charge in [0.05, 0.1) is 17.0 Å². The fourth-order valence-corrected chi connectivity index (χ4v) is 5.95. The Morgan fingerprint density at radius 1 is 0.909 bits per heavy atom. The van der Waals surface area contributed by atoms with Crippen LogP contribution in [0, 0.1) is 11.8 Å². The third kappa shape index (κ3) is 10.0. The molecule has 0 fully saturated rings.